The molecule has 0 aliphatic heterocycles. The van der Waals surface area contributed by atoms with Crippen molar-refractivity contribution in [2.75, 3.05) is 6.61 Å². The van der Waals surface area contributed by atoms with Crippen molar-refractivity contribution >= 4 is 0 Å². The molecule has 1 saturated carbocycles. The zero-order valence-corrected chi connectivity index (χ0v) is 8.57. The molecule has 78 valence electrons. The van der Waals surface area contributed by atoms with E-state index in [1.54, 1.807) is 0 Å². The first kappa shape index (κ1) is 10.1. The van der Waals surface area contributed by atoms with Crippen LogP contribution < -0.4 is 4.74 Å². The van der Waals surface area contributed by atoms with Gasteiger partial charge in [0.2, 0.25) is 0 Å². The van der Waals surface area contributed by atoms with Crippen molar-refractivity contribution < 1.29 is 9.84 Å². The SMILES string of the molecule is OCCC#Cc1cccc(OC2CC2)c1. The van der Waals surface area contributed by atoms with Gasteiger partial charge in [-0.1, -0.05) is 17.9 Å². The third-order valence-electron chi connectivity index (χ3n) is 2.13. The molecule has 0 unspecified atom stereocenters. The molecule has 0 bridgehead atoms. The van der Waals surface area contributed by atoms with Gasteiger partial charge in [0.25, 0.3) is 0 Å². The van der Waals surface area contributed by atoms with Crippen molar-refractivity contribution in [3.63, 3.8) is 0 Å². The van der Waals surface area contributed by atoms with Gasteiger partial charge >= 0.3 is 0 Å². The van der Waals surface area contributed by atoms with Crippen LogP contribution in [-0.4, -0.2) is 17.8 Å². The van der Waals surface area contributed by atoms with Crippen molar-refractivity contribution in [3.05, 3.63) is 29.8 Å². The second-order valence-corrected chi connectivity index (χ2v) is 3.62. The largest absolute Gasteiger partial charge is 0.490 e. The summed E-state index contributed by atoms with van der Waals surface area (Å²) in [5.74, 6) is 6.78. The molecule has 15 heavy (non-hydrogen) atoms. The highest BCUT2D eigenvalue weighted by Crippen LogP contribution is 2.26. The molecule has 0 aromatic heterocycles. The Morgan fingerprint density at radius 2 is 2.27 bits per heavy atom. The van der Waals surface area contributed by atoms with E-state index in [2.05, 4.69) is 11.8 Å². The minimum atomic E-state index is 0.116. The molecule has 1 aliphatic rings. The second-order valence-electron chi connectivity index (χ2n) is 3.62. The van der Waals surface area contributed by atoms with Gasteiger partial charge in [0.05, 0.1) is 12.7 Å². The van der Waals surface area contributed by atoms with E-state index in [0.717, 1.165) is 11.3 Å². The van der Waals surface area contributed by atoms with Crippen LogP contribution in [0.3, 0.4) is 0 Å². The molecule has 2 nitrogen and oxygen atoms in total. The molecule has 1 aliphatic carbocycles. The summed E-state index contributed by atoms with van der Waals surface area (Å²) in [6.07, 6.45) is 3.28. The van der Waals surface area contributed by atoms with Crippen molar-refractivity contribution in [2.24, 2.45) is 0 Å². The van der Waals surface area contributed by atoms with Crippen LogP contribution in [-0.2, 0) is 0 Å². The van der Waals surface area contributed by atoms with E-state index in [0.29, 0.717) is 12.5 Å². The highest BCUT2D eigenvalue weighted by Gasteiger charge is 2.23. The maximum absolute atomic E-state index is 8.60. The quantitative estimate of drug-likeness (QED) is 0.759. The Hall–Kier alpha value is -1.46. The van der Waals surface area contributed by atoms with Crippen LogP contribution in [0.5, 0.6) is 5.75 Å². The summed E-state index contributed by atoms with van der Waals surface area (Å²) in [6, 6.07) is 7.79. The van der Waals surface area contributed by atoms with Crippen LogP contribution in [0.2, 0.25) is 0 Å². The van der Waals surface area contributed by atoms with E-state index in [9.17, 15) is 0 Å². The lowest BCUT2D eigenvalue weighted by molar-refractivity contribution is 0.303. The smallest absolute Gasteiger partial charge is 0.120 e. The summed E-state index contributed by atoms with van der Waals surface area (Å²) in [6.45, 7) is 0.116. The summed E-state index contributed by atoms with van der Waals surface area (Å²) in [7, 11) is 0. The van der Waals surface area contributed by atoms with Crippen LogP contribution >= 0.6 is 0 Å². The molecule has 0 heterocycles. The lowest BCUT2D eigenvalue weighted by Gasteiger charge is -2.03. The maximum Gasteiger partial charge on any atom is 0.120 e. The van der Waals surface area contributed by atoms with Crippen LogP contribution in [0.1, 0.15) is 24.8 Å². The fraction of sp³-hybridized carbons (Fsp3) is 0.385. The number of benzene rings is 1. The molecule has 0 atom stereocenters. The Kier molecular flexibility index (Phi) is 3.26. The first-order valence-corrected chi connectivity index (χ1v) is 5.25. The maximum atomic E-state index is 8.60. The van der Waals surface area contributed by atoms with Gasteiger partial charge in [0.1, 0.15) is 5.75 Å². The summed E-state index contributed by atoms with van der Waals surface area (Å²) in [5, 5.41) is 8.60. The van der Waals surface area contributed by atoms with Crippen LogP contribution in [0.15, 0.2) is 24.3 Å². The Morgan fingerprint density at radius 3 is 3.00 bits per heavy atom. The number of rotatable bonds is 3. The van der Waals surface area contributed by atoms with Crippen LogP contribution in [0.25, 0.3) is 0 Å². The van der Waals surface area contributed by atoms with Gasteiger partial charge < -0.3 is 9.84 Å². The molecule has 0 spiro atoms. The molecular formula is C13H14O2. The zero-order chi connectivity index (χ0) is 10.5. The zero-order valence-electron chi connectivity index (χ0n) is 8.57. The Morgan fingerprint density at radius 1 is 1.40 bits per heavy atom. The first-order chi connectivity index (χ1) is 7.38. The Balaban J connectivity index is 2.01. The third kappa shape index (κ3) is 3.30. The number of aliphatic hydroxyl groups is 1. The minimum Gasteiger partial charge on any atom is -0.490 e. The van der Waals surface area contributed by atoms with Gasteiger partial charge in [-0.2, -0.15) is 0 Å². The van der Waals surface area contributed by atoms with Crippen molar-refractivity contribution in [1.29, 1.82) is 0 Å². The van der Waals surface area contributed by atoms with Gasteiger partial charge in [-0.25, -0.2) is 0 Å². The average molecular weight is 202 g/mol. The van der Waals surface area contributed by atoms with E-state index in [-0.39, 0.29) is 6.61 Å². The number of aliphatic hydroxyl groups excluding tert-OH is 1. The molecular weight excluding hydrogens is 188 g/mol. The summed E-state index contributed by atoms with van der Waals surface area (Å²) in [5.41, 5.74) is 0.946. The number of ether oxygens (including phenoxy) is 1. The van der Waals surface area contributed by atoms with Crippen molar-refractivity contribution in [1.82, 2.24) is 0 Å². The van der Waals surface area contributed by atoms with Crippen LogP contribution in [0, 0.1) is 11.8 Å². The molecule has 1 aromatic rings. The van der Waals surface area contributed by atoms with Gasteiger partial charge in [0, 0.05) is 12.0 Å². The monoisotopic (exact) mass is 202 g/mol. The number of hydrogen-bond donors (Lipinski definition) is 1. The number of hydrogen-bond acceptors (Lipinski definition) is 2. The second kappa shape index (κ2) is 4.86. The molecule has 2 rings (SSSR count). The molecule has 1 aromatic carbocycles. The standard InChI is InChI=1S/C13H14O2/c14-9-2-1-4-11-5-3-6-13(10-11)15-12-7-8-12/h3,5-6,10,12,14H,2,7-9H2. The highest BCUT2D eigenvalue weighted by atomic mass is 16.5. The third-order valence-corrected chi connectivity index (χ3v) is 2.13. The van der Waals surface area contributed by atoms with Crippen molar-refractivity contribution in [3.8, 4) is 17.6 Å². The summed E-state index contributed by atoms with van der Waals surface area (Å²) >= 11 is 0. The summed E-state index contributed by atoms with van der Waals surface area (Å²) < 4.78 is 5.66. The molecule has 1 N–H and O–H groups in total. The predicted molar refractivity (Wildman–Crippen MR) is 58.7 cm³/mol. The molecule has 0 saturated heterocycles. The van der Waals surface area contributed by atoms with E-state index in [1.165, 1.54) is 12.8 Å². The molecule has 1 fully saturated rings. The Labute approximate surface area is 89.9 Å². The van der Waals surface area contributed by atoms with Crippen LogP contribution in [0.4, 0.5) is 0 Å². The molecule has 2 heteroatoms. The van der Waals surface area contributed by atoms with E-state index >= 15 is 0 Å². The Bertz CT molecular complexity index is 383. The van der Waals surface area contributed by atoms with Crippen molar-refractivity contribution in [2.45, 2.75) is 25.4 Å². The molecule has 0 radical (unpaired) electrons. The van der Waals surface area contributed by atoms with Gasteiger partial charge in [-0.05, 0) is 31.0 Å². The van der Waals surface area contributed by atoms with Gasteiger partial charge in [0.15, 0.2) is 0 Å². The van der Waals surface area contributed by atoms with E-state index in [1.807, 2.05) is 24.3 Å². The highest BCUT2D eigenvalue weighted by molar-refractivity contribution is 5.39. The fourth-order valence-corrected chi connectivity index (χ4v) is 1.25. The lowest BCUT2D eigenvalue weighted by atomic mass is 10.2. The normalized spacial score (nSPS) is 14.2. The van der Waals surface area contributed by atoms with E-state index < -0.39 is 0 Å². The van der Waals surface area contributed by atoms with Gasteiger partial charge in [-0.3, -0.25) is 0 Å². The molecule has 0 amide bonds. The summed E-state index contributed by atoms with van der Waals surface area (Å²) in [4.78, 5) is 0. The van der Waals surface area contributed by atoms with Gasteiger partial charge in [-0.15, -0.1) is 0 Å². The minimum absolute atomic E-state index is 0.116. The fourth-order valence-electron chi connectivity index (χ4n) is 1.25. The predicted octanol–water partition coefficient (Wildman–Crippen LogP) is 1.96. The topological polar surface area (TPSA) is 29.5 Å². The average Bonchev–Trinajstić information content (AvgIpc) is 3.03. The first-order valence-electron chi connectivity index (χ1n) is 5.25. The van der Waals surface area contributed by atoms with E-state index in [4.69, 9.17) is 9.84 Å². The lowest BCUT2D eigenvalue weighted by Crippen LogP contribution is -1.95.